The van der Waals surface area contributed by atoms with Crippen LogP contribution in [0, 0.1) is 6.92 Å². The summed E-state index contributed by atoms with van der Waals surface area (Å²) < 4.78 is 0. The maximum Gasteiger partial charge on any atom is 0.253 e. The SMILES string of the molecule is Cc1cc(-c2cc(-c3ccc(C(=O)N4CCCC(N)C4)cc3)ncn2)ccc1O. The van der Waals surface area contributed by atoms with Gasteiger partial charge in [0, 0.05) is 35.8 Å². The van der Waals surface area contributed by atoms with Crippen LogP contribution in [0.2, 0.25) is 0 Å². The van der Waals surface area contributed by atoms with Crippen molar-refractivity contribution in [3.05, 3.63) is 66.0 Å². The van der Waals surface area contributed by atoms with E-state index in [1.165, 1.54) is 6.33 Å². The molecule has 0 bridgehead atoms. The molecule has 6 heteroatoms. The molecule has 0 aliphatic carbocycles. The normalized spacial score (nSPS) is 16.6. The topological polar surface area (TPSA) is 92.3 Å². The third kappa shape index (κ3) is 4.12. The number of phenolic OH excluding ortho intramolecular Hbond substituents is 1. The molecular weight excluding hydrogens is 364 g/mol. The fourth-order valence-electron chi connectivity index (χ4n) is 3.65. The summed E-state index contributed by atoms with van der Waals surface area (Å²) in [4.78, 5) is 23.3. The van der Waals surface area contributed by atoms with Crippen LogP contribution in [-0.2, 0) is 0 Å². The molecule has 3 aromatic rings. The van der Waals surface area contributed by atoms with Crippen molar-refractivity contribution < 1.29 is 9.90 Å². The number of aromatic hydroxyl groups is 1. The lowest BCUT2D eigenvalue weighted by atomic mass is 10.0. The summed E-state index contributed by atoms with van der Waals surface area (Å²) in [6, 6.07) is 14.9. The van der Waals surface area contributed by atoms with Crippen LogP contribution in [-0.4, -0.2) is 45.0 Å². The number of carbonyl (C=O) groups excluding carboxylic acids is 1. The van der Waals surface area contributed by atoms with Crippen molar-refractivity contribution >= 4 is 5.91 Å². The Bertz CT molecular complexity index is 1030. The van der Waals surface area contributed by atoms with Gasteiger partial charge in [-0.1, -0.05) is 12.1 Å². The molecule has 3 N–H and O–H groups in total. The third-order valence-corrected chi connectivity index (χ3v) is 5.33. The fourth-order valence-corrected chi connectivity index (χ4v) is 3.65. The van der Waals surface area contributed by atoms with Crippen molar-refractivity contribution in [1.82, 2.24) is 14.9 Å². The summed E-state index contributed by atoms with van der Waals surface area (Å²) in [7, 11) is 0. The van der Waals surface area contributed by atoms with Crippen LogP contribution >= 0.6 is 0 Å². The predicted octanol–water partition coefficient (Wildman–Crippen LogP) is 3.39. The van der Waals surface area contributed by atoms with E-state index in [0.717, 1.165) is 47.5 Å². The van der Waals surface area contributed by atoms with E-state index in [-0.39, 0.29) is 17.7 Å². The molecule has 1 atom stereocenters. The molecule has 148 valence electrons. The van der Waals surface area contributed by atoms with Gasteiger partial charge >= 0.3 is 0 Å². The maximum absolute atomic E-state index is 12.7. The zero-order valence-electron chi connectivity index (χ0n) is 16.4. The Labute approximate surface area is 170 Å². The quantitative estimate of drug-likeness (QED) is 0.717. The van der Waals surface area contributed by atoms with E-state index >= 15 is 0 Å². The summed E-state index contributed by atoms with van der Waals surface area (Å²) >= 11 is 0. The van der Waals surface area contributed by atoms with Crippen molar-refractivity contribution in [1.29, 1.82) is 0 Å². The van der Waals surface area contributed by atoms with Crippen molar-refractivity contribution in [3.8, 4) is 28.3 Å². The van der Waals surface area contributed by atoms with Gasteiger partial charge in [-0.25, -0.2) is 9.97 Å². The highest BCUT2D eigenvalue weighted by molar-refractivity contribution is 5.94. The van der Waals surface area contributed by atoms with Gasteiger partial charge in [-0.3, -0.25) is 4.79 Å². The lowest BCUT2D eigenvalue weighted by Crippen LogP contribution is -2.45. The first-order valence-corrected chi connectivity index (χ1v) is 9.78. The Hall–Kier alpha value is -3.25. The second kappa shape index (κ2) is 8.01. The molecule has 2 aromatic carbocycles. The molecule has 1 amide bonds. The number of likely N-dealkylation sites (tertiary alicyclic amines) is 1. The first-order chi connectivity index (χ1) is 14.0. The van der Waals surface area contributed by atoms with Gasteiger partial charge in [0.15, 0.2) is 0 Å². The third-order valence-electron chi connectivity index (χ3n) is 5.33. The Balaban J connectivity index is 1.56. The second-order valence-electron chi connectivity index (χ2n) is 7.52. The maximum atomic E-state index is 12.7. The summed E-state index contributed by atoms with van der Waals surface area (Å²) in [6.07, 6.45) is 3.45. The second-order valence-corrected chi connectivity index (χ2v) is 7.52. The summed E-state index contributed by atoms with van der Waals surface area (Å²) in [5, 5.41) is 9.73. The number of benzene rings is 2. The molecule has 1 fully saturated rings. The highest BCUT2D eigenvalue weighted by Crippen LogP contribution is 2.27. The zero-order chi connectivity index (χ0) is 20.4. The smallest absolute Gasteiger partial charge is 0.253 e. The Kier molecular flexibility index (Phi) is 5.27. The van der Waals surface area contributed by atoms with E-state index in [0.29, 0.717) is 12.1 Å². The standard InChI is InChI=1S/C23H24N4O2/c1-15-11-18(8-9-22(15)28)21-12-20(25-14-26-21)16-4-6-17(7-5-16)23(29)27-10-2-3-19(24)13-27/h4-9,11-12,14,19,28H,2-3,10,13,24H2,1H3. The molecule has 2 heterocycles. The van der Waals surface area contributed by atoms with Gasteiger partial charge in [0.1, 0.15) is 12.1 Å². The van der Waals surface area contributed by atoms with E-state index in [1.807, 2.05) is 54.3 Å². The lowest BCUT2D eigenvalue weighted by Gasteiger charge is -2.30. The van der Waals surface area contributed by atoms with Crippen molar-refractivity contribution in [2.75, 3.05) is 13.1 Å². The van der Waals surface area contributed by atoms with E-state index in [2.05, 4.69) is 9.97 Å². The van der Waals surface area contributed by atoms with Gasteiger partial charge < -0.3 is 15.7 Å². The molecule has 29 heavy (non-hydrogen) atoms. The molecule has 0 radical (unpaired) electrons. The number of hydrogen-bond donors (Lipinski definition) is 2. The van der Waals surface area contributed by atoms with Crippen LogP contribution < -0.4 is 5.73 Å². The van der Waals surface area contributed by atoms with Crippen LogP contribution in [0.25, 0.3) is 22.5 Å². The molecule has 1 saturated heterocycles. The number of phenols is 1. The molecule has 1 unspecified atom stereocenters. The van der Waals surface area contributed by atoms with E-state index in [4.69, 9.17) is 5.73 Å². The number of carbonyl (C=O) groups is 1. The van der Waals surface area contributed by atoms with Crippen LogP contribution in [0.4, 0.5) is 0 Å². The number of amides is 1. The van der Waals surface area contributed by atoms with Crippen molar-refractivity contribution in [2.45, 2.75) is 25.8 Å². The van der Waals surface area contributed by atoms with Crippen LogP contribution in [0.1, 0.15) is 28.8 Å². The zero-order valence-corrected chi connectivity index (χ0v) is 16.4. The number of aryl methyl sites for hydroxylation is 1. The Morgan fingerprint density at radius 3 is 2.45 bits per heavy atom. The van der Waals surface area contributed by atoms with Gasteiger partial charge in [-0.15, -0.1) is 0 Å². The fraction of sp³-hybridized carbons (Fsp3) is 0.261. The van der Waals surface area contributed by atoms with E-state index in [1.54, 1.807) is 6.07 Å². The molecule has 1 aromatic heterocycles. The largest absolute Gasteiger partial charge is 0.508 e. The highest BCUT2D eigenvalue weighted by Gasteiger charge is 2.22. The number of nitrogens with two attached hydrogens (primary N) is 1. The summed E-state index contributed by atoms with van der Waals surface area (Å²) in [6.45, 7) is 3.23. The molecule has 0 spiro atoms. The minimum atomic E-state index is 0.0228. The number of hydrogen-bond acceptors (Lipinski definition) is 5. The molecule has 1 aliphatic rings. The van der Waals surface area contributed by atoms with Crippen LogP contribution in [0.5, 0.6) is 5.75 Å². The Morgan fingerprint density at radius 2 is 1.76 bits per heavy atom. The van der Waals surface area contributed by atoms with Crippen LogP contribution in [0.15, 0.2) is 54.9 Å². The predicted molar refractivity (Wildman–Crippen MR) is 112 cm³/mol. The van der Waals surface area contributed by atoms with E-state index < -0.39 is 0 Å². The van der Waals surface area contributed by atoms with Crippen LogP contribution in [0.3, 0.4) is 0 Å². The number of rotatable bonds is 3. The molecule has 6 nitrogen and oxygen atoms in total. The first kappa shape index (κ1) is 19.1. The molecule has 0 saturated carbocycles. The average molecular weight is 388 g/mol. The van der Waals surface area contributed by atoms with Gasteiger partial charge in [0.25, 0.3) is 5.91 Å². The lowest BCUT2D eigenvalue weighted by molar-refractivity contribution is 0.0709. The molecular formula is C23H24N4O2. The molecule has 4 rings (SSSR count). The number of nitrogens with zero attached hydrogens (tertiary/aromatic N) is 3. The minimum Gasteiger partial charge on any atom is -0.508 e. The first-order valence-electron chi connectivity index (χ1n) is 9.78. The summed E-state index contributed by atoms with van der Waals surface area (Å²) in [5.74, 6) is 0.285. The van der Waals surface area contributed by atoms with Gasteiger partial charge in [0.2, 0.25) is 0 Å². The van der Waals surface area contributed by atoms with Gasteiger partial charge in [0.05, 0.1) is 11.4 Å². The number of piperidine rings is 1. The van der Waals surface area contributed by atoms with Crippen molar-refractivity contribution in [3.63, 3.8) is 0 Å². The highest BCUT2D eigenvalue weighted by atomic mass is 16.3. The minimum absolute atomic E-state index is 0.0228. The van der Waals surface area contributed by atoms with E-state index in [9.17, 15) is 9.90 Å². The number of aromatic nitrogens is 2. The van der Waals surface area contributed by atoms with Gasteiger partial charge in [-0.05, 0) is 61.7 Å². The average Bonchev–Trinajstić information content (AvgIpc) is 2.75. The van der Waals surface area contributed by atoms with Gasteiger partial charge in [-0.2, -0.15) is 0 Å². The monoisotopic (exact) mass is 388 g/mol. The molecule has 1 aliphatic heterocycles. The van der Waals surface area contributed by atoms with Crippen molar-refractivity contribution in [2.24, 2.45) is 5.73 Å². The Morgan fingerprint density at radius 1 is 1.07 bits per heavy atom. The summed E-state index contributed by atoms with van der Waals surface area (Å²) in [5.41, 5.74) is 10.8.